The van der Waals surface area contributed by atoms with E-state index in [2.05, 4.69) is 55.7 Å². The van der Waals surface area contributed by atoms with Crippen molar-refractivity contribution in [2.75, 3.05) is 33.0 Å². The molecule has 6 heteroatoms. The molecule has 6 nitrogen and oxygen atoms in total. The first kappa shape index (κ1) is 48.6. The van der Waals surface area contributed by atoms with Crippen molar-refractivity contribution in [3.8, 4) is 0 Å². The number of amides is 1. The van der Waals surface area contributed by atoms with Crippen molar-refractivity contribution in [1.82, 2.24) is 10.6 Å². The summed E-state index contributed by atoms with van der Waals surface area (Å²) in [7, 11) is 0. The van der Waals surface area contributed by atoms with Crippen LogP contribution in [0.15, 0.2) is 24.3 Å². The molecule has 0 atom stereocenters. The zero-order chi connectivity index (χ0) is 36.5. The number of ether oxygens (including phenoxy) is 2. The lowest BCUT2D eigenvalue weighted by atomic mass is 10.1. The third kappa shape index (κ3) is 36.4. The second-order valence-electron chi connectivity index (χ2n) is 14.8. The van der Waals surface area contributed by atoms with Crippen LogP contribution in [0, 0.1) is 0 Å². The minimum absolute atomic E-state index is 0.279. The fourth-order valence-electron chi connectivity index (χ4n) is 6.37. The van der Waals surface area contributed by atoms with Gasteiger partial charge in [0.1, 0.15) is 5.66 Å². The van der Waals surface area contributed by atoms with Gasteiger partial charge in [-0.3, -0.25) is 10.6 Å². The van der Waals surface area contributed by atoms with Crippen LogP contribution >= 0.6 is 0 Å². The van der Waals surface area contributed by atoms with Crippen LogP contribution in [0.3, 0.4) is 0 Å². The van der Waals surface area contributed by atoms with Gasteiger partial charge in [-0.15, -0.1) is 0 Å². The third-order valence-corrected chi connectivity index (χ3v) is 9.64. The summed E-state index contributed by atoms with van der Waals surface area (Å²) in [6.45, 7) is 9.27. The van der Waals surface area contributed by atoms with Gasteiger partial charge >= 0.3 is 6.09 Å². The number of carboxylic acid groups (broad SMARTS) is 1. The summed E-state index contributed by atoms with van der Waals surface area (Å²) in [5.74, 6) is 0. The van der Waals surface area contributed by atoms with Gasteiger partial charge in [0.25, 0.3) is 0 Å². The third-order valence-electron chi connectivity index (χ3n) is 9.64. The van der Waals surface area contributed by atoms with Crippen LogP contribution in [0.4, 0.5) is 4.79 Å². The molecule has 0 fully saturated rings. The van der Waals surface area contributed by atoms with Gasteiger partial charge in [0.05, 0.1) is 13.2 Å². The van der Waals surface area contributed by atoms with Crippen LogP contribution in [0.2, 0.25) is 0 Å². The molecule has 3 N–H and O–H groups in total. The Kier molecular flexibility index (Phi) is 39.3. The molecule has 0 aliphatic carbocycles. The van der Waals surface area contributed by atoms with Crippen molar-refractivity contribution in [3.63, 3.8) is 0 Å². The van der Waals surface area contributed by atoms with E-state index in [4.69, 9.17) is 9.47 Å². The van der Waals surface area contributed by atoms with Gasteiger partial charge in [-0.05, 0) is 77.2 Å². The van der Waals surface area contributed by atoms with Gasteiger partial charge in [-0.25, -0.2) is 4.79 Å². The molecule has 0 unspecified atom stereocenters. The smallest absolute Gasteiger partial charge is 0.406 e. The van der Waals surface area contributed by atoms with E-state index in [1.54, 1.807) is 0 Å². The predicted molar refractivity (Wildman–Crippen MR) is 217 cm³/mol. The van der Waals surface area contributed by atoms with Gasteiger partial charge in [0.2, 0.25) is 0 Å². The van der Waals surface area contributed by atoms with Gasteiger partial charge in [-0.2, -0.15) is 0 Å². The number of hydrogen-bond donors (Lipinski definition) is 3. The van der Waals surface area contributed by atoms with E-state index >= 15 is 0 Å². The monoisotopic (exact) mass is 707 g/mol. The highest BCUT2D eigenvalue weighted by Crippen LogP contribution is 2.13. The van der Waals surface area contributed by atoms with Crippen LogP contribution in [0.5, 0.6) is 0 Å². The molecule has 0 aromatic heterocycles. The molecular weight excluding hydrogens is 620 g/mol. The van der Waals surface area contributed by atoms with E-state index in [9.17, 15) is 9.90 Å². The number of carbonyl (C=O) groups is 1. The molecule has 0 saturated carbocycles. The number of rotatable bonds is 41. The molecule has 50 heavy (non-hydrogen) atoms. The molecule has 1 amide bonds. The molecule has 0 aromatic rings. The summed E-state index contributed by atoms with van der Waals surface area (Å²) in [5.41, 5.74) is -0.911. The van der Waals surface area contributed by atoms with Crippen LogP contribution in [0.1, 0.15) is 213 Å². The Bertz CT molecular complexity index is 696. The lowest BCUT2D eigenvalue weighted by molar-refractivity contribution is -0.0106. The summed E-state index contributed by atoms with van der Waals surface area (Å²) in [4.78, 5) is 11.8. The Balaban J connectivity index is 4.05. The number of hydrogen-bond acceptors (Lipinski definition) is 4. The Labute approximate surface area is 311 Å². The molecular formula is C44H86N2O4. The highest BCUT2D eigenvalue weighted by molar-refractivity contribution is 5.65. The maximum Gasteiger partial charge on any atom is 0.406 e. The SMILES string of the molecule is CCCCCCCC/C=C\CCCCCCCCOCC(COCCCCCCCC/C=C\CCCCCCCC)(NCCCC)NC(=O)O. The lowest BCUT2D eigenvalue weighted by Gasteiger charge is -2.34. The van der Waals surface area contributed by atoms with Crippen LogP contribution in [-0.2, 0) is 9.47 Å². The number of unbranched alkanes of at least 4 members (excludes halogenated alkanes) is 25. The van der Waals surface area contributed by atoms with Gasteiger partial charge < -0.3 is 14.6 Å². The van der Waals surface area contributed by atoms with E-state index in [1.807, 2.05) is 0 Å². The Morgan fingerprint density at radius 3 is 1.14 bits per heavy atom. The average Bonchev–Trinajstić information content (AvgIpc) is 3.10. The molecule has 296 valence electrons. The van der Waals surface area contributed by atoms with Crippen LogP contribution in [-0.4, -0.2) is 49.8 Å². The van der Waals surface area contributed by atoms with E-state index in [-0.39, 0.29) is 13.2 Å². The normalized spacial score (nSPS) is 12.1. The number of allylic oxidation sites excluding steroid dienone is 4. The van der Waals surface area contributed by atoms with E-state index in [1.165, 1.54) is 154 Å². The summed E-state index contributed by atoms with van der Waals surface area (Å²) in [6.07, 6.45) is 46.4. The minimum atomic E-state index is -1.05. The van der Waals surface area contributed by atoms with Gasteiger partial charge in [-0.1, -0.05) is 167 Å². The van der Waals surface area contributed by atoms with Crippen molar-refractivity contribution in [2.24, 2.45) is 0 Å². The Morgan fingerprint density at radius 1 is 0.480 bits per heavy atom. The Morgan fingerprint density at radius 2 is 0.800 bits per heavy atom. The quantitative estimate of drug-likeness (QED) is 0.0335. The second kappa shape index (κ2) is 40.4. The van der Waals surface area contributed by atoms with Crippen molar-refractivity contribution >= 4 is 6.09 Å². The highest BCUT2D eigenvalue weighted by atomic mass is 16.5. The van der Waals surface area contributed by atoms with E-state index in [0.717, 1.165) is 45.1 Å². The summed E-state index contributed by atoms with van der Waals surface area (Å²) in [6, 6.07) is 0. The molecule has 0 spiro atoms. The average molecular weight is 707 g/mol. The summed E-state index contributed by atoms with van der Waals surface area (Å²) in [5, 5.41) is 15.8. The van der Waals surface area contributed by atoms with E-state index in [0.29, 0.717) is 13.2 Å². The molecule has 0 heterocycles. The molecule has 0 aliphatic heterocycles. The fraction of sp³-hybridized carbons (Fsp3) is 0.886. The van der Waals surface area contributed by atoms with Crippen LogP contribution in [0.25, 0.3) is 0 Å². The predicted octanol–water partition coefficient (Wildman–Crippen LogP) is 13.4. The standard InChI is InChI=1S/C44H86N2O4/c1-4-7-10-12-14-16-18-20-22-24-26-28-30-32-34-36-39-49-41-44(46-43(47)48,45-38-9-6-3)42-50-40-37-35-33-31-29-27-25-23-21-19-17-15-13-11-8-5-2/h20-23,45-46H,4-19,24-42H2,1-3H3,(H,47,48)/b22-20-,23-21-. The first-order chi connectivity index (χ1) is 24.6. The largest absolute Gasteiger partial charge is 0.465 e. The van der Waals surface area contributed by atoms with E-state index < -0.39 is 11.8 Å². The molecule has 0 radical (unpaired) electrons. The first-order valence-electron chi connectivity index (χ1n) is 21.8. The fourth-order valence-corrected chi connectivity index (χ4v) is 6.37. The van der Waals surface area contributed by atoms with Crippen LogP contribution < -0.4 is 10.6 Å². The highest BCUT2D eigenvalue weighted by Gasteiger charge is 2.32. The molecule has 0 saturated heterocycles. The van der Waals surface area contributed by atoms with Crippen molar-refractivity contribution in [3.05, 3.63) is 24.3 Å². The lowest BCUT2D eigenvalue weighted by Crippen LogP contribution is -2.64. The molecule has 0 bridgehead atoms. The van der Waals surface area contributed by atoms with Crippen molar-refractivity contribution < 1.29 is 19.4 Å². The molecule has 0 aliphatic rings. The molecule has 0 rings (SSSR count). The minimum Gasteiger partial charge on any atom is -0.465 e. The van der Waals surface area contributed by atoms with Gasteiger partial charge in [0, 0.05) is 13.2 Å². The Hall–Kier alpha value is -1.37. The first-order valence-corrected chi connectivity index (χ1v) is 21.8. The summed E-state index contributed by atoms with van der Waals surface area (Å²) >= 11 is 0. The molecule has 0 aromatic carbocycles. The summed E-state index contributed by atoms with van der Waals surface area (Å²) < 4.78 is 12.1. The van der Waals surface area contributed by atoms with Gasteiger partial charge in [0.15, 0.2) is 0 Å². The zero-order valence-corrected chi connectivity index (χ0v) is 33.7. The zero-order valence-electron chi connectivity index (χ0n) is 33.7. The maximum absolute atomic E-state index is 11.8. The number of nitrogens with one attached hydrogen (secondary N) is 2. The topological polar surface area (TPSA) is 79.8 Å². The van der Waals surface area contributed by atoms with Crippen molar-refractivity contribution in [2.45, 2.75) is 219 Å². The second-order valence-corrected chi connectivity index (χ2v) is 14.8. The maximum atomic E-state index is 11.8. The van der Waals surface area contributed by atoms with Crippen molar-refractivity contribution in [1.29, 1.82) is 0 Å².